The van der Waals surface area contributed by atoms with Crippen LogP contribution in [0.1, 0.15) is 123 Å². The maximum atomic E-state index is 14.6. The molecule has 0 radical (unpaired) electrons. The van der Waals surface area contributed by atoms with Crippen LogP contribution in [-0.2, 0) is 59.2 Å². The third-order valence-corrected chi connectivity index (χ3v) is 14.3. The van der Waals surface area contributed by atoms with Crippen molar-refractivity contribution in [3.63, 3.8) is 0 Å². The van der Waals surface area contributed by atoms with Crippen LogP contribution in [0.4, 0.5) is 0 Å². The molecule has 0 spiro atoms. The number of phenolic OH excluding ortho intramolecular Hbond substituents is 1. The summed E-state index contributed by atoms with van der Waals surface area (Å²) in [4.78, 5) is 153. The minimum absolute atomic E-state index is 0.000327. The fourth-order valence-corrected chi connectivity index (χ4v) is 9.31. The van der Waals surface area contributed by atoms with E-state index in [9.17, 15) is 73.2 Å². The number of aliphatic imine (C=N–C) groups is 1. The number of thioether (sulfide) groups is 1. The lowest BCUT2D eigenvalue weighted by atomic mass is 9.98. The Morgan fingerprint density at radius 2 is 1.20 bits per heavy atom. The van der Waals surface area contributed by atoms with Crippen LogP contribution in [0.2, 0.25) is 0 Å². The van der Waals surface area contributed by atoms with Crippen molar-refractivity contribution >= 4 is 82.9 Å². The maximum Gasteiger partial charge on any atom is 0.326 e. The first-order valence-electron chi connectivity index (χ1n) is 27.6. The Bertz CT molecular complexity index is 2340. The normalized spacial score (nSPS) is 16.3. The van der Waals surface area contributed by atoms with Crippen molar-refractivity contribution in [2.24, 2.45) is 39.8 Å². The third-order valence-electron chi connectivity index (χ3n) is 13.6. The molecule has 1 fully saturated rings. The van der Waals surface area contributed by atoms with Gasteiger partial charge in [0, 0.05) is 32.4 Å². The second kappa shape index (κ2) is 37.0. The van der Waals surface area contributed by atoms with Crippen molar-refractivity contribution in [2.45, 2.75) is 178 Å². The number of carboxylic acid groups (broad SMARTS) is 3. The van der Waals surface area contributed by atoms with Crippen molar-refractivity contribution in [3.05, 3.63) is 29.8 Å². The molecular formula is C53H87N13O15S. The second-order valence-electron chi connectivity index (χ2n) is 20.8. The molecule has 82 heavy (non-hydrogen) atoms. The molecule has 10 atom stereocenters. The largest absolute Gasteiger partial charge is 0.508 e. The van der Waals surface area contributed by atoms with Crippen LogP contribution in [-0.4, -0.2) is 182 Å². The maximum absolute atomic E-state index is 14.6. The minimum Gasteiger partial charge on any atom is -0.508 e. The van der Waals surface area contributed by atoms with E-state index in [4.69, 9.17) is 22.9 Å². The fourth-order valence-electron chi connectivity index (χ4n) is 8.83. The molecular weight excluding hydrogens is 1090 g/mol. The zero-order chi connectivity index (χ0) is 61.6. The van der Waals surface area contributed by atoms with Gasteiger partial charge in [0.1, 0.15) is 54.1 Å². The first-order valence-corrected chi connectivity index (χ1v) is 29.0. The van der Waals surface area contributed by atoms with Gasteiger partial charge in [-0.1, -0.05) is 46.2 Å². The highest BCUT2D eigenvalue weighted by Crippen LogP contribution is 2.22. The highest BCUT2D eigenvalue weighted by molar-refractivity contribution is 7.98. The van der Waals surface area contributed by atoms with E-state index in [2.05, 4.69) is 42.2 Å². The van der Waals surface area contributed by atoms with Gasteiger partial charge in [0.2, 0.25) is 47.3 Å². The number of aromatic hydroxyl groups is 1. The Hall–Kier alpha value is -7.27. The van der Waals surface area contributed by atoms with Crippen LogP contribution in [0.3, 0.4) is 0 Å². The van der Waals surface area contributed by atoms with Gasteiger partial charge < -0.3 is 85.5 Å². The lowest BCUT2D eigenvalue weighted by Gasteiger charge is -2.31. The van der Waals surface area contributed by atoms with E-state index < -0.39 is 151 Å². The molecule has 2 rings (SSSR count). The lowest BCUT2D eigenvalue weighted by Crippen LogP contribution is -2.60. The predicted molar refractivity (Wildman–Crippen MR) is 304 cm³/mol. The number of nitrogens with two attached hydrogens (primary N) is 4. The summed E-state index contributed by atoms with van der Waals surface area (Å²) in [6.07, 6.45) is 1.59. The number of aliphatic carboxylic acids is 3. The molecule has 1 aromatic carbocycles. The first-order chi connectivity index (χ1) is 38.7. The highest BCUT2D eigenvalue weighted by Gasteiger charge is 2.41. The van der Waals surface area contributed by atoms with E-state index in [-0.39, 0.29) is 75.8 Å². The Morgan fingerprint density at radius 3 is 1.72 bits per heavy atom. The number of benzene rings is 1. The van der Waals surface area contributed by atoms with Crippen LogP contribution < -0.4 is 60.2 Å². The van der Waals surface area contributed by atoms with Crippen molar-refractivity contribution < 1.29 is 73.2 Å². The van der Waals surface area contributed by atoms with Gasteiger partial charge in [-0.05, 0) is 119 Å². The number of carbonyl (C=O) groups is 11. The smallest absolute Gasteiger partial charge is 0.326 e. The minimum atomic E-state index is -1.59. The van der Waals surface area contributed by atoms with Crippen molar-refractivity contribution in [1.82, 2.24) is 42.1 Å². The van der Waals surface area contributed by atoms with Gasteiger partial charge >= 0.3 is 17.9 Å². The second-order valence-corrected chi connectivity index (χ2v) is 21.7. The summed E-state index contributed by atoms with van der Waals surface area (Å²) < 4.78 is 0. The molecule has 0 unspecified atom stereocenters. The van der Waals surface area contributed by atoms with Gasteiger partial charge in [0.25, 0.3) is 0 Å². The predicted octanol–water partition coefficient (Wildman–Crippen LogP) is -1.51. The van der Waals surface area contributed by atoms with Crippen LogP contribution in [0.5, 0.6) is 5.75 Å². The number of carboxylic acids is 3. The molecule has 19 N–H and O–H groups in total. The molecule has 28 nitrogen and oxygen atoms in total. The Labute approximate surface area is 482 Å². The summed E-state index contributed by atoms with van der Waals surface area (Å²) in [5, 5.41) is 56.9. The SMILES string of the molecule is CC[C@H](C)[C@H](NC(=O)[C@H](CCC(=O)O)NC(=O)[C@H](CCSC)NC(=O)[C@@H]1CCCN1C(=O)[C@H](CCCCN)NC(=O)[C@H](CCC(=O)O)NC(=O)[C@H](CC(C)C)NC(=O)[C@H](Cc1ccc(O)cc1)NC(=O)[C@@H](N)CCCN=C(N)N)C(=O)O. The summed E-state index contributed by atoms with van der Waals surface area (Å²) in [6, 6.07) is -6.23. The van der Waals surface area contributed by atoms with E-state index in [0.717, 1.165) is 0 Å². The first kappa shape index (κ1) is 70.8. The molecule has 8 amide bonds. The molecule has 1 aliphatic heterocycles. The molecule has 1 aromatic rings. The zero-order valence-corrected chi connectivity index (χ0v) is 48.3. The number of hydrogen-bond donors (Lipinski definition) is 15. The van der Waals surface area contributed by atoms with Gasteiger partial charge in [0.15, 0.2) is 5.96 Å². The quantitative estimate of drug-likeness (QED) is 0.0202. The van der Waals surface area contributed by atoms with Gasteiger partial charge in [-0.2, -0.15) is 11.8 Å². The van der Waals surface area contributed by atoms with E-state index in [0.29, 0.717) is 43.4 Å². The molecule has 0 saturated carbocycles. The summed E-state index contributed by atoms with van der Waals surface area (Å²) in [5.74, 6) is -11.2. The zero-order valence-electron chi connectivity index (χ0n) is 47.5. The van der Waals surface area contributed by atoms with Gasteiger partial charge in [-0.15, -0.1) is 0 Å². The Kier molecular flexibility index (Phi) is 31.9. The summed E-state index contributed by atoms with van der Waals surface area (Å²) in [7, 11) is 0. The third kappa shape index (κ3) is 25.7. The fraction of sp³-hybridized carbons (Fsp3) is 0.660. The number of phenols is 1. The summed E-state index contributed by atoms with van der Waals surface area (Å²) in [5.41, 5.74) is 23.2. The van der Waals surface area contributed by atoms with Crippen LogP contribution in [0, 0.1) is 11.8 Å². The number of nitrogens with zero attached hydrogens (tertiary/aromatic N) is 2. The Morgan fingerprint density at radius 1 is 0.671 bits per heavy atom. The highest BCUT2D eigenvalue weighted by atomic mass is 32.2. The molecule has 460 valence electrons. The molecule has 1 aliphatic rings. The average molecular weight is 1180 g/mol. The molecule has 29 heteroatoms. The molecule has 1 heterocycles. The van der Waals surface area contributed by atoms with Gasteiger partial charge in [0.05, 0.1) is 6.04 Å². The molecule has 1 saturated heterocycles. The van der Waals surface area contributed by atoms with E-state index in [1.807, 2.05) is 0 Å². The van der Waals surface area contributed by atoms with E-state index in [1.54, 1.807) is 34.0 Å². The van der Waals surface area contributed by atoms with Crippen molar-refractivity contribution in [2.75, 3.05) is 31.6 Å². The Balaban J connectivity index is 2.44. The van der Waals surface area contributed by atoms with E-state index in [1.165, 1.54) is 40.9 Å². The van der Waals surface area contributed by atoms with Crippen LogP contribution in [0.25, 0.3) is 0 Å². The van der Waals surface area contributed by atoms with Crippen molar-refractivity contribution in [1.29, 1.82) is 0 Å². The molecule has 0 aliphatic carbocycles. The topological polar surface area (TPSA) is 473 Å². The van der Waals surface area contributed by atoms with E-state index >= 15 is 0 Å². The standard InChI is InChI=1S/C53H87N13O15S/c1-6-30(4)43(52(80)81)65-47(75)35(19-21-42(70)71)59-46(74)36(22-26-82-5)61-50(78)40-13-10-25-66(40)51(79)37(12-7-8-23-54)62-45(73)34(18-20-41(68)69)60-48(76)38(27-29(2)3)64-49(77)39(28-31-14-16-32(67)17-15-31)63-44(72)33(55)11-9-24-58-53(56)57/h14-17,29-30,33-40,43,67H,6-13,18-28,54-55H2,1-5H3,(H,59,74)(H,60,76)(H,61,78)(H,62,73)(H,63,72)(H,64,77)(H,65,75)(H,68,69)(H,70,71)(H,80,81)(H4,56,57,58)/t30-,33-,34-,35-,36-,37-,38-,39-,40-,43-/m0/s1. The lowest BCUT2D eigenvalue weighted by molar-refractivity contribution is -0.144. The molecule has 0 bridgehead atoms. The summed E-state index contributed by atoms with van der Waals surface area (Å²) in [6.45, 7) is 7.29. The number of unbranched alkanes of at least 4 members (excludes halogenated alkanes) is 1. The van der Waals surface area contributed by atoms with Crippen LogP contribution in [0.15, 0.2) is 29.3 Å². The molecule has 0 aromatic heterocycles. The average Bonchev–Trinajstić information content (AvgIpc) is 4.07. The number of carbonyl (C=O) groups excluding carboxylic acids is 8. The van der Waals surface area contributed by atoms with Gasteiger partial charge in [-0.3, -0.25) is 52.9 Å². The number of amides is 8. The van der Waals surface area contributed by atoms with Crippen molar-refractivity contribution in [3.8, 4) is 5.75 Å². The van der Waals surface area contributed by atoms with Crippen LogP contribution >= 0.6 is 11.8 Å². The number of likely N-dealkylation sites (tertiary alicyclic amines) is 1. The monoisotopic (exact) mass is 1180 g/mol. The number of nitrogens with one attached hydrogen (secondary N) is 7. The number of guanidine groups is 1. The van der Waals surface area contributed by atoms with Gasteiger partial charge in [-0.25, -0.2) is 4.79 Å². The number of rotatable bonds is 39. The number of hydrogen-bond acceptors (Lipinski definition) is 16. The summed E-state index contributed by atoms with van der Waals surface area (Å²) >= 11 is 1.34.